The van der Waals surface area contributed by atoms with Gasteiger partial charge in [0.1, 0.15) is 5.01 Å². The van der Waals surface area contributed by atoms with Crippen molar-refractivity contribution in [3.63, 3.8) is 0 Å². The van der Waals surface area contributed by atoms with Gasteiger partial charge < -0.3 is 5.32 Å². The molecule has 8 heteroatoms. The first kappa shape index (κ1) is 18.9. The number of amides is 3. The SMILES string of the molecule is O=C(CSCc1nc(-c2ccccc2)cs1)NNC(=O)Nc1ccccc1. The Balaban J connectivity index is 1.36. The van der Waals surface area contributed by atoms with E-state index < -0.39 is 6.03 Å². The molecule has 6 nitrogen and oxygen atoms in total. The van der Waals surface area contributed by atoms with Gasteiger partial charge in [-0.3, -0.25) is 10.2 Å². The van der Waals surface area contributed by atoms with Crippen molar-refractivity contribution in [2.75, 3.05) is 11.1 Å². The number of benzene rings is 2. The number of aromatic nitrogens is 1. The fourth-order valence-electron chi connectivity index (χ4n) is 2.20. The van der Waals surface area contributed by atoms with Crippen LogP contribution < -0.4 is 16.2 Å². The minimum Gasteiger partial charge on any atom is -0.307 e. The lowest BCUT2D eigenvalue weighted by molar-refractivity contribution is -0.119. The number of urea groups is 1. The van der Waals surface area contributed by atoms with E-state index >= 15 is 0 Å². The summed E-state index contributed by atoms with van der Waals surface area (Å²) in [5.41, 5.74) is 7.38. The molecule has 0 bridgehead atoms. The molecular weight excluding hydrogens is 380 g/mol. The molecule has 138 valence electrons. The summed E-state index contributed by atoms with van der Waals surface area (Å²) >= 11 is 3.01. The monoisotopic (exact) mass is 398 g/mol. The molecule has 0 aliphatic carbocycles. The number of rotatable bonds is 6. The molecule has 3 aromatic rings. The molecule has 1 heterocycles. The first-order chi connectivity index (χ1) is 13.2. The third-order valence-electron chi connectivity index (χ3n) is 3.43. The maximum Gasteiger partial charge on any atom is 0.337 e. The zero-order valence-electron chi connectivity index (χ0n) is 14.3. The van der Waals surface area contributed by atoms with Crippen molar-refractivity contribution < 1.29 is 9.59 Å². The number of hydrazine groups is 1. The second kappa shape index (κ2) is 9.75. The number of para-hydroxylation sites is 1. The molecule has 0 radical (unpaired) electrons. The molecule has 3 amide bonds. The Morgan fingerprint density at radius 1 is 0.963 bits per heavy atom. The Morgan fingerprint density at radius 3 is 2.41 bits per heavy atom. The molecule has 2 aromatic carbocycles. The number of nitrogens with one attached hydrogen (secondary N) is 3. The molecule has 0 aliphatic heterocycles. The van der Waals surface area contributed by atoms with Gasteiger partial charge in [-0.25, -0.2) is 15.2 Å². The fourth-order valence-corrected chi connectivity index (χ4v) is 3.90. The Hall–Kier alpha value is -2.84. The number of hydrogen-bond acceptors (Lipinski definition) is 5. The van der Waals surface area contributed by atoms with Gasteiger partial charge >= 0.3 is 6.03 Å². The maximum absolute atomic E-state index is 11.8. The molecule has 0 unspecified atom stereocenters. The van der Waals surface area contributed by atoms with E-state index in [4.69, 9.17) is 0 Å². The van der Waals surface area contributed by atoms with Crippen molar-refractivity contribution in [1.82, 2.24) is 15.8 Å². The summed E-state index contributed by atoms with van der Waals surface area (Å²) in [7, 11) is 0. The fraction of sp³-hybridized carbons (Fsp3) is 0.105. The van der Waals surface area contributed by atoms with Crippen LogP contribution in [0.5, 0.6) is 0 Å². The molecule has 0 saturated carbocycles. The summed E-state index contributed by atoms with van der Waals surface area (Å²) in [4.78, 5) is 28.1. The van der Waals surface area contributed by atoms with Crippen molar-refractivity contribution >= 4 is 40.7 Å². The second-order valence-corrected chi connectivity index (χ2v) is 7.41. The quantitative estimate of drug-likeness (QED) is 0.550. The van der Waals surface area contributed by atoms with Gasteiger partial charge in [0.25, 0.3) is 0 Å². The van der Waals surface area contributed by atoms with Crippen LogP contribution in [0.1, 0.15) is 5.01 Å². The highest BCUT2D eigenvalue weighted by atomic mass is 32.2. The molecule has 0 atom stereocenters. The van der Waals surface area contributed by atoms with Gasteiger partial charge in [-0.2, -0.15) is 0 Å². The lowest BCUT2D eigenvalue weighted by Crippen LogP contribution is -2.44. The van der Waals surface area contributed by atoms with Crippen LogP contribution in [0.15, 0.2) is 66.0 Å². The summed E-state index contributed by atoms with van der Waals surface area (Å²) < 4.78 is 0. The van der Waals surface area contributed by atoms with Crippen molar-refractivity contribution in [1.29, 1.82) is 0 Å². The molecular formula is C19H18N4O2S2. The number of anilines is 1. The lowest BCUT2D eigenvalue weighted by Gasteiger charge is -2.08. The summed E-state index contributed by atoms with van der Waals surface area (Å²) in [5, 5.41) is 5.59. The van der Waals surface area contributed by atoms with Crippen LogP contribution in [0.4, 0.5) is 10.5 Å². The van der Waals surface area contributed by atoms with Gasteiger partial charge in [0.05, 0.1) is 11.4 Å². The predicted octanol–water partition coefficient (Wildman–Crippen LogP) is 3.90. The third-order valence-corrected chi connectivity index (χ3v) is 5.40. The number of nitrogens with zero attached hydrogens (tertiary/aromatic N) is 1. The van der Waals surface area contributed by atoms with Crippen molar-refractivity contribution in [2.24, 2.45) is 0 Å². The highest BCUT2D eigenvalue weighted by Crippen LogP contribution is 2.24. The molecule has 0 aliphatic rings. The smallest absolute Gasteiger partial charge is 0.307 e. The minimum absolute atomic E-state index is 0.228. The summed E-state index contributed by atoms with van der Waals surface area (Å²) in [5.74, 6) is 0.593. The van der Waals surface area contributed by atoms with Crippen LogP contribution in [-0.2, 0) is 10.5 Å². The first-order valence-corrected chi connectivity index (χ1v) is 10.2. The van der Waals surface area contributed by atoms with E-state index in [1.54, 1.807) is 23.5 Å². The average Bonchev–Trinajstić information content (AvgIpc) is 3.17. The van der Waals surface area contributed by atoms with Crippen LogP contribution in [0, 0.1) is 0 Å². The standard InChI is InChI=1S/C19H18N4O2S2/c24-17(22-23-19(25)20-15-9-5-2-6-10-15)12-26-13-18-21-16(11-27-18)14-7-3-1-4-8-14/h1-11H,12-13H2,(H,22,24)(H2,20,23,25). The van der Waals surface area contributed by atoms with Crippen LogP contribution in [-0.4, -0.2) is 22.7 Å². The van der Waals surface area contributed by atoms with Gasteiger partial charge in [-0.1, -0.05) is 48.5 Å². The molecule has 0 saturated heterocycles. The van der Waals surface area contributed by atoms with E-state index in [-0.39, 0.29) is 11.7 Å². The topological polar surface area (TPSA) is 83.1 Å². The van der Waals surface area contributed by atoms with E-state index in [1.807, 2.05) is 53.9 Å². The third kappa shape index (κ3) is 6.12. The van der Waals surface area contributed by atoms with Crippen molar-refractivity contribution in [3.8, 4) is 11.3 Å². The number of carbonyl (C=O) groups is 2. The largest absolute Gasteiger partial charge is 0.337 e. The van der Waals surface area contributed by atoms with Crippen molar-refractivity contribution in [3.05, 3.63) is 71.1 Å². The van der Waals surface area contributed by atoms with E-state index in [0.717, 1.165) is 16.3 Å². The van der Waals surface area contributed by atoms with Crippen LogP contribution in [0.3, 0.4) is 0 Å². The minimum atomic E-state index is -0.494. The van der Waals surface area contributed by atoms with Gasteiger partial charge in [0.2, 0.25) is 5.91 Å². The zero-order valence-corrected chi connectivity index (χ0v) is 16.0. The van der Waals surface area contributed by atoms with Gasteiger partial charge in [-0.15, -0.1) is 23.1 Å². The predicted molar refractivity (Wildman–Crippen MR) is 110 cm³/mol. The Kier molecular flexibility index (Phi) is 6.84. The van der Waals surface area contributed by atoms with Crippen LogP contribution in [0.2, 0.25) is 0 Å². The van der Waals surface area contributed by atoms with Gasteiger partial charge in [0, 0.05) is 22.4 Å². The molecule has 1 aromatic heterocycles. The molecule has 3 rings (SSSR count). The van der Waals surface area contributed by atoms with E-state index in [1.165, 1.54) is 11.8 Å². The van der Waals surface area contributed by atoms with E-state index in [0.29, 0.717) is 11.4 Å². The summed E-state index contributed by atoms with van der Waals surface area (Å²) in [6, 6.07) is 18.5. The normalized spacial score (nSPS) is 10.2. The van der Waals surface area contributed by atoms with Crippen LogP contribution >= 0.6 is 23.1 Å². The Morgan fingerprint density at radius 2 is 1.67 bits per heavy atom. The zero-order chi connectivity index (χ0) is 18.9. The molecule has 27 heavy (non-hydrogen) atoms. The van der Waals surface area contributed by atoms with Crippen LogP contribution in [0.25, 0.3) is 11.3 Å². The van der Waals surface area contributed by atoms with E-state index in [2.05, 4.69) is 21.2 Å². The van der Waals surface area contributed by atoms with Gasteiger partial charge in [0.15, 0.2) is 0 Å². The number of thioether (sulfide) groups is 1. The summed E-state index contributed by atoms with van der Waals surface area (Å²) in [6.07, 6.45) is 0. The average molecular weight is 399 g/mol. The number of hydrogen-bond donors (Lipinski definition) is 3. The van der Waals surface area contributed by atoms with E-state index in [9.17, 15) is 9.59 Å². The maximum atomic E-state index is 11.8. The molecule has 0 spiro atoms. The Labute approximate surface area is 165 Å². The summed E-state index contributed by atoms with van der Waals surface area (Å²) in [6.45, 7) is 0. The lowest BCUT2D eigenvalue weighted by atomic mass is 10.2. The number of carbonyl (C=O) groups excluding carboxylic acids is 2. The Bertz CT molecular complexity index is 885. The molecule has 0 fully saturated rings. The second-order valence-electron chi connectivity index (χ2n) is 5.48. The van der Waals surface area contributed by atoms with Gasteiger partial charge in [-0.05, 0) is 12.1 Å². The molecule has 3 N–H and O–H groups in total. The highest BCUT2D eigenvalue weighted by Gasteiger charge is 2.08. The number of thiazole rings is 1. The first-order valence-electron chi connectivity index (χ1n) is 8.19. The van der Waals surface area contributed by atoms with Crippen molar-refractivity contribution in [2.45, 2.75) is 5.75 Å². The highest BCUT2D eigenvalue weighted by molar-refractivity contribution is 7.99.